The molecule has 1 aromatic heterocycles. The van der Waals surface area contributed by atoms with E-state index in [1.54, 1.807) is 6.26 Å². The number of rotatable bonds is 7. The smallest absolute Gasteiger partial charge is 0.157 e. The van der Waals surface area contributed by atoms with Gasteiger partial charge in [-0.05, 0) is 47.5 Å². The van der Waals surface area contributed by atoms with Crippen molar-refractivity contribution in [3.8, 4) is 0 Å². The molecule has 24 heavy (non-hydrogen) atoms. The first kappa shape index (κ1) is 16.7. The van der Waals surface area contributed by atoms with E-state index < -0.39 is 0 Å². The van der Waals surface area contributed by atoms with E-state index in [0.29, 0.717) is 0 Å². The highest BCUT2D eigenvalue weighted by molar-refractivity contribution is 6.30. The third-order valence-electron chi connectivity index (χ3n) is 4.13. The van der Waals surface area contributed by atoms with Crippen LogP contribution >= 0.6 is 11.6 Å². The number of hydrogen-bond donors (Lipinski definition) is 1. The molecule has 0 aliphatic carbocycles. The van der Waals surface area contributed by atoms with Crippen molar-refractivity contribution < 1.29 is 14.1 Å². The van der Waals surface area contributed by atoms with Crippen LogP contribution in [0.4, 0.5) is 4.39 Å². The molecule has 124 valence electrons. The zero-order valence-corrected chi connectivity index (χ0v) is 14.0. The minimum absolute atomic E-state index is 0.210. The van der Waals surface area contributed by atoms with Crippen LogP contribution in [0.15, 0.2) is 71.3 Å². The van der Waals surface area contributed by atoms with Gasteiger partial charge in [0.25, 0.3) is 0 Å². The summed E-state index contributed by atoms with van der Waals surface area (Å²) in [6.45, 7) is 1.77. The summed E-state index contributed by atoms with van der Waals surface area (Å²) in [5.41, 5.74) is 2.31. The molecule has 2 nitrogen and oxygen atoms in total. The second kappa shape index (κ2) is 8.13. The molecular weight excluding hydrogens is 325 g/mol. The molecule has 0 saturated carbocycles. The highest BCUT2D eigenvalue weighted by atomic mass is 35.5. The second-order valence-corrected chi connectivity index (χ2v) is 6.24. The van der Waals surface area contributed by atoms with E-state index in [2.05, 4.69) is 5.32 Å². The van der Waals surface area contributed by atoms with Gasteiger partial charge >= 0.3 is 0 Å². The summed E-state index contributed by atoms with van der Waals surface area (Å²) in [7, 11) is 0. The van der Waals surface area contributed by atoms with E-state index in [9.17, 15) is 4.39 Å². The van der Waals surface area contributed by atoms with Gasteiger partial charge in [0.2, 0.25) is 0 Å². The molecule has 0 amide bonds. The number of nitrogens with two attached hydrogens (primary N) is 1. The molecule has 0 aliphatic heterocycles. The molecule has 0 bridgehead atoms. The van der Waals surface area contributed by atoms with Crippen molar-refractivity contribution in [2.75, 3.05) is 6.54 Å². The van der Waals surface area contributed by atoms with Gasteiger partial charge in [-0.15, -0.1) is 0 Å². The maximum atomic E-state index is 13.2. The van der Waals surface area contributed by atoms with Crippen molar-refractivity contribution in [3.63, 3.8) is 0 Å². The van der Waals surface area contributed by atoms with Crippen molar-refractivity contribution in [1.82, 2.24) is 0 Å². The minimum Gasteiger partial charge on any atom is -0.463 e. The van der Waals surface area contributed by atoms with Crippen LogP contribution in [-0.4, -0.2) is 6.54 Å². The normalized spacial score (nSPS) is 12.2. The lowest BCUT2D eigenvalue weighted by molar-refractivity contribution is -0.672. The lowest BCUT2D eigenvalue weighted by atomic mass is 9.88. The van der Waals surface area contributed by atoms with Crippen molar-refractivity contribution in [2.45, 2.75) is 18.9 Å². The monoisotopic (exact) mass is 344 g/mol. The summed E-state index contributed by atoms with van der Waals surface area (Å²) < 4.78 is 18.6. The Kier molecular flexibility index (Phi) is 5.68. The van der Waals surface area contributed by atoms with Gasteiger partial charge in [0.05, 0.1) is 12.8 Å². The minimum atomic E-state index is -0.210. The summed E-state index contributed by atoms with van der Waals surface area (Å²) in [5.74, 6) is 0.980. The fraction of sp³-hybridized carbons (Fsp3) is 0.200. The van der Waals surface area contributed by atoms with E-state index in [0.717, 1.165) is 35.9 Å². The average Bonchev–Trinajstić information content (AvgIpc) is 3.11. The van der Waals surface area contributed by atoms with Gasteiger partial charge in [-0.3, -0.25) is 0 Å². The Balaban J connectivity index is 1.69. The first-order chi connectivity index (χ1) is 11.7. The summed E-state index contributed by atoms with van der Waals surface area (Å²) >= 11 is 6.00. The van der Waals surface area contributed by atoms with Gasteiger partial charge in [0.15, 0.2) is 5.76 Å². The lowest BCUT2D eigenvalue weighted by Gasteiger charge is -2.17. The van der Waals surface area contributed by atoms with Crippen LogP contribution in [0, 0.1) is 5.82 Å². The van der Waals surface area contributed by atoms with Gasteiger partial charge in [-0.25, -0.2) is 4.39 Å². The van der Waals surface area contributed by atoms with E-state index >= 15 is 0 Å². The van der Waals surface area contributed by atoms with Crippen LogP contribution in [0.1, 0.15) is 29.2 Å². The molecular formula is C20H20ClFNO+. The van der Waals surface area contributed by atoms with E-state index in [1.807, 2.05) is 48.5 Å². The van der Waals surface area contributed by atoms with Crippen LogP contribution in [0.5, 0.6) is 0 Å². The predicted octanol–water partition coefficient (Wildman–Crippen LogP) is 4.36. The summed E-state index contributed by atoms with van der Waals surface area (Å²) in [5, 5.41) is 2.95. The van der Waals surface area contributed by atoms with Crippen molar-refractivity contribution >= 4 is 11.6 Å². The van der Waals surface area contributed by atoms with Gasteiger partial charge in [0, 0.05) is 17.4 Å². The predicted molar refractivity (Wildman–Crippen MR) is 93.5 cm³/mol. The summed E-state index contributed by atoms with van der Waals surface area (Å²) in [6.07, 6.45) is 2.65. The zero-order chi connectivity index (χ0) is 16.8. The Morgan fingerprint density at radius 1 is 0.958 bits per heavy atom. The quantitative estimate of drug-likeness (QED) is 0.634. The van der Waals surface area contributed by atoms with Crippen LogP contribution in [0.2, 0.25) is 5.02 Å². The number of quaternary nitrogens is 1. The molecule has 0 fully saturated rings. The Morgan fingerprint density at radius 3 is 2.25 bits per heavy atom. The van der Waals surface area contributed by atoms with Crippen LogP contribution in [0.3, 0.4) is 0 Å². The number of benzene rings is 2. The molecule has 0 saturated heterocycles. The maximum Gasteiger partial charge on any atom is 0.157 e. The molecule has 0 radical (unpaired) electrons. The topological polar surface area (TPSA) is 29.8 Å². The number of hydrogen-bond acceptors (Lipinski definition) is 1. The van der Waals surface area contributed by atoms with E-state index in [1.165, 1.54) is 17.7 Å². The molecule has 0 aliphatic rings. The highest BCUT2D eigenvalue weighted by Gasteiger charge is 2.15. The molecule has 1 heterocycles. The number of halogens is 2. The molecule has 0 unspecified atom stereocenters. The molecule has 2 aromatic carbocycles. The Morgan fingerprint density at radius 2 is 1.62 bits per heavy atom. The third-order valence-corrected chi connectivity index (χ3v) is 4.38. The van der Waals surface area contributed by atoms with Crippen molar-refractivity contribution in [3.05, 3.63) is 94.7 Å². The van der Waals surface area contributed by atoms with Gasteiger partial charge in [-0.1, -0.05) is 35.9 Å². The van der Waals surface area contributed by atoms with Crippen molar-refractivity contribution in [1.29, 1.82) is 0 Å². The summed E-state index contributed by atoms with van der Waals surface area (Å²) in [6, 6.07) is 18.5. The Hall–Kier alpha value is -2.10. The first-order valence-electron chi connectivity index (χ1n) is 8.07. The van der Waals surface area contributed by atoms with Gasteiger partial charge in [0.1, 0.15) is 12.4 Å². The van der Waals surface area contributed by atoms with Crippen molar-refractivity contribution in [2.24, 2.45) is 0 Å². The molecule has 0 spiro atoms. The SMILES string of the molecule is Fc1ccc([C@@H](CC[NH2+]Cc2ccco2)c2ccc(Cl)cc2)cc1. The zero-order valence-electron chi connectivity index (χ0n) is 13.3. The van der Waals surface area contributed by atoms with E-state index in [-0.39, 0.29) is 11.7 Å². The molecule has 4 heteroatoms. The number of furan rings is 1. The molecule has 2 N–H and O–H groups in total. The van der Waals surface area contributed by atoms with Crippen LogP contribution < -0.4 is 5.32 Å². The van der Waals surface area contributed by atoms with E-state index in [4.69, 9.17) is 16.0 Å². The first-order valence-corrected chi connectivity index (χ1v) is 8.45. The average molecular weight is 345 g/mol. The Bertz CT molecular complexity index is 693. The highest BCUT2D eigenvalue weighted by Crippen LogP contribution is 2.28. The fourth-order valence-corrected chi connectivity index (χ4v) is 3.00. The molecule has 3 rings (SSSR count). The fourth-order valence-electron chi connectivity index (χ4n) is 2.87. The van der Waals surface area contributed by atoms with Crippen LogP contribution in [0.25, 0.3) is 0 Å². The maximum absolute atomic E-state index is 13.2. The second-order valence-electron chi connectivity index (χ2n) is 5.81. The molecule has 1 atom stereocenters. The lowest BCUT2D eigenvalue weighted by Crippen LogP contribution is -2.82. The third kappa shape index (κ3) is 4.47. The Labute approximate surface area is 146 Å². The molecule has 3 aromatic rings. The standard InChI is InChI=1S/C20H19ClFNO/c21-17-7-3-15(4-8-17)20(16-5-9-18(22)10-6-16)11-12-23-14-19-2-1-13-24-19/h1-10,13,20,23H,11-12,14H2/p+1/t20-/m0/s1. The largest absolute Gasteiger partial charge is 0.463 e. The van der Waals surface area contributed by atoms with Gasteiger partial charge in [-0.2, -0.15) is 0 Å². The van der Waals surface area contributed by atoms with Crippen LogP contribution in [-0.2, 0) is 6.54 Å². The summed E-state index contributed by atoms with van der Waals surface area (Å²) in [4.78, 5) is 0. The van der Waals surface area contributed by atoms with Gasteiger partial charge < -0.3 is 9.73 Å².